The average Bonchev–Trinajstić information content (AvgIpc) is 2.42. The summed E-state index contributed by atoms with van der Waals surface area (Å²) >= 11 is 1.91. The predicted molar refractivity (Wildman–Crippen MR) is 78.6 cm³/mol. The highest BCUT2D eigenvalue weighted by atomic mass is 32.2. The van der Waals surface area contributed by atoms with Crippen molar-refractivity contribution in [1.29, 1.82) is 0 Å². The number of aromatic nitrogens is 2. The van der Waals surface area contributed by atoms with E-state index in [9.17, 15) is 4.79 Å². The van der Waals surface area contributed by atoms with Crippen molar-refractivity contribution < 1.29 is 4.79 Å². The van der Waals surface area contributed by atoms with Crippen LogP contribution in [0.1, 0.15) is 31.3 Å². The monoisotopic (exact) mass is 280 g/mol. The Morgan fingerprint density at radius 2 is 2.26 bits per heavy atom. The highest BCUT2D eigenvalue weighted by Gasteiger charge is 2.30. The zero-order valence-corrected chi connectivity index (χ0v) is 12.4. The molecule has 5 nitrogen and oxygen atoms in total. The molecule has 2 heterocycles. The van der Waals surface area contributed by atoms with Crippen LogP contribution in [0.25, 0.3) is 0 Å². The fraction of sp³-hybridized carbons (Fsp3) is 0.615. The molecule has 6 heteroatoms. The van der Waals surface area contributed by atoms with Gasteiger partial charge in [-0.05, 0) is 26.0 Å². The molecule has 1 aromatic rings. The smallest absolute Gasteiger partial charge is 0.274 e. The van der Waals surface area contributed by atoms with Gasteiger partial charge in [-0.1, -0.05) is 6.92 Å². The minimum absolute atomic E-state index is 0.0183. The second-order valence-corrected chi connectivity index (χ2v) is 6.13. The maximum Gasteiger partial charge on any atom is 0.274 e. The first kappa shape index (κ1) is 14.1. The Morgan fingerprint density at radius 1 is 1.47 bits per heavy atom. The lowest BCUT2D eigenvalue weighted by Crippen LogP contribution is -2.48. The molecule has 0 spiro atoms. The van der Waals surface area contributed by atoms with Crippen LogP contribution in [0, 0.1) is 0 Å². The topological polar surface area (TPSA) is 58.1 Å². The summed E-state index contributed by atoms with van der Waals surface area (Å²) in [6, 6.07) is 3.78. The lowest BCUT2D eigenvalue weighted by molar-refractivity contribution is 0.0691. The van der Waals surface area contributed by atoms with E-state index >= 15 is 0 Å². The van der Waals surface area contributed by atoms with Gasteiger partial charge in [0.05, 0.1) is 0 Å². The lowest BCUT2D eigenvalue weighted by atomic mass is 10.2. The van der Waals surface area contributed by atoms with Gasteiger partial charge in [0.25, 0.3) is 5.91 Å². The van der Waals surface area contributed by atoms with Gasteiger partial charge in [0, 0.05) is 30.1 Å². The molecule has 0 aromatic carbocycles. The Hall–Kier alpha value is -1.30. The largest absolute Gasteiger partial charge is 0.369 e. The average molecular weight is 280 g/mol. The summed E-state index contributed by atoms with van der Waals surface area (Å²) in [6.45, 7) is 7.82. The van der Waals surface area contributed by atoms with Crippen LogP contribution in [0.5, 0.6) is 0 Å². The molecule has 1 N–H and O–H groups in total. The van der Waals surface area contributed by atoms with Gasteiger partial charge in [-0.2, -0.15) is 11.8 Å². The summed E-state index contributed by atoms with van der Waals surface area (Å²) < 4.78 is 0. The van der Waals surface area contributed by atoms with Gasteiger partial charge in [-0.15, -0.1) is 10.2 Å². The van der Waals surface area contributed by atoms with E-state index in [1.165, 1.54) is 0 Å². The number of anilines is 1. The summed E-state index contributed by atoms with van der Waals surface area (Å²) in [5, 5.41) is 11.6. The number of hydrogen-bond acceptors (Lipinski definition) is 5. The number of nitrogens with zero attached hydrogens (tertiary/aromatic N) is 3. The van der Waals surface area contributed by atoms with Crippen molar-refractivity contribution in [3.8, 4) is 0 Å². The summed E-state index contributed by atoms with van der Waals surface area (Å²) in [6.07, 6.45) is 0. The van der Waals surface area contributed by atoms with Gasteiger partial charge >= 0.3 is 0 Å². The van der Waals surface area contributed by atoms with E-state index in [2.05, 4.69) is 29.4 Å². The molecule has 1 aromatic heterocycles. The number of carbonyl (C=O) groups is 1. The molecule has 1 aliphatic rings. The van der Waals surface area contributed by atoms with Gasteiger partial charge in [-0.3, -0.25) is 4.79 Å². The molecule has 0 saturated carbocycles. The Labute approximate surface area is 118 Å². The number of nitrogens with one attached hydrogen (secondary N) is 1. The molecule has 0 aliphatic carbocycles. The summed E-state index contributed by atoms with van der Waals surface area (Å²) in [7, 11) is 0. The van der Waals surface area contributed by atoms with Gasteiger partial charge in [0.15, 0.2) is 5.69 Å². The van der Waals surface area contributed by atoms with Crippen molar-refractivity contribution in [2.75, 3.05) is 24.2 Å². The van der Waals surface area contributed by atoms with E-state index in [0.717, 1.165) is 18.8 Å². The zero-order valence-electron chi connectivity index (χ0n) is 11.6. The molecule has 1 aliphatic heterocycles. The number of rotatable bonds is 3. The third kappa shape index (κ3) is 3.18. The first-order valence-corrected chi connectivity index (χ1v) is 7.68. The molecule has 2 rings (SSSR count). The van der Waals surface area contributed by atoms with E-state index < -0.39 is 0 Å². The van der Waals surface area contributed by atoms with Crippen molar-refractivity contribution >= 4 is 23.5 Å². The molecule has 1 amide bonds. The second kappa shape index (κ2) is 6.23. The van der Waals surface area contributed by atoms with Gasteiger partial charge in [-0.25, -0.2) is 0 Å². The minimum Gasteiger partial charge on any atom is -0.369 e. The molecule has 19 heavy (non-hydrogen) atoms. The first-order chi connectivity index (χ1) is 9.13. The fourth-order valence-corrected chi connectivity index (χ4v) is 3.19. The van der Waals surface area contributed by atoms with Crippen LogP contribution >= 0.6 is 11.8 Å². The Balaban J connectivity index is 2.10. The van der Waals surface area contributed by atoms with Crippen LogP contribution in [-0.4, -0.2) is 51.1 Å². The Morgan fingerprint density at radius 3 is 2.89 bits per heavy atom. The molecule has 2 unspecified atom stereocenters. The quantitative estimate of drug-likeness (QED) is 0.916. The normalized spacial score (nSPS) is 23.2. The number of hydrogen-bond donors (Lipinski definition) is 1. The van der Waals surface area contributed by atoms with Crippen LogP contribution in [-0.2, 0) is 0 Å². The summed E-state index contributed by atoms with van der Waals surface area (Å²) in [5.41, 5.74) is 0.424. The van der Waals surface area contributed by atoms with Crippen LogP contribution in [0.2, 0.25) is 0 Å². The SMILES string of the molecule is CCNc1ccc(C(=O)N2CCSC(C)C2C)nn1. The van der Waals surface area contributed by atoms with Crippen molar-refractivity contribution in [2.45, 2.75) is 32.1 Å². The molecule has 0 bridgehead atoms. The first-order valence-electron chi connectivity index (χ1n) is 6.63. The predicted octanol–water partition coefficient (Wildman–Crippen LogP) is 1.87. The van der Waals surface area contributed by atoms with Gasteiger partial charge in [0.1, 0.15) is 5.82 Å². The summed E-state index contributed by atoms with van der Waals surface area (Å²) in [5.74, 6) is 1.67. The molecule has 2 atom stereocenters. The van der Waals surface area contributed by atoms with Gasteiger partial charge < -0.3 is 10.2 Å². The van der Waals surface area contributed by atoms with Crippen molar-refractivity contribution in [2.24, 2.45) is 0 Å². The third-order valence-electron chi connectivity index (χ3n) is 3.39. The summed E-state index contributed by atoms with van der Waals surface area (Å²) in [4.78, 5) is 14.3. The molecule has 1 fully saturated rings. The van der Waals surface area contributed by atoms with Gasteiger partial charge in [0.2, 0.25) is 0 Å². The third-order valence-corrected chi connectivity index (χ3v) is 4.72. The fourth-order valence-electron chi connectivity index (χ4n) is 2.09. The molecular weight excluding hydrogens is 260 g/mol. The van der Waals surface area contributed by atoms with Crippen LogP contribution in [0.15, 0.2) is 12.1 Å². The van der Waals surface area contributed by atoms with Crippen molar-refractivity contribution in [3.05, 3.63) is 17.8 Å². The molecule has 0 radical (unpaired) electrons. The number of thioether (sulfide) groups is 1. The highest BCUT2D eigenvalue weighted by Crippen LogP contribution is 2.25. The number of amides is 1. The Kier molecular flexibility index (Phi) is 4.63. The lowest BCUT2D eigenvalue weighted by Gasteiger charge is -2.37. The van der Waals surface area contributed by atoms with E-state index in [0.29, 0.717) is 16.8 Å². The molecule has 104 valence electrons. The minimum atomic E-state index is -0.0183. The van der Waals surface area contributed by atoms with Crippen LogP contribution in [0.4, 0.5) is 5.82 Å². The van der Waals surface area contributed by atoms with Crippen LogP contribution in [0.3, 0.4) is 0 Å². The van der Waals surface area contributed by atoms with E-state index in [1.54, 1.807) is 12.1 Å². The maximum absolute atomic E-state index is 12.4. The zero-order chi connectivity index (χ0) is 13.8. The number of carbonyl (C=O) groups excluding carboxylic acids is 1. The maximum atomic E-state index is 12.4. The Bertz CT molecular complexity index is 437. The highest BCUT2D eigenvalue weighted by molar-refractivity contribution is 8.00. The van der Waals surface area contributed by atoms with E-state index in [1.807, 2.05) is 23.6 Å². The van der Waals surface area contributed by atoms with E-state index in [-0.39, 0.29) is 11.9 Å². The van der Waals surface area contributed by atoms with Crippen LogP contribution < -0.4 is 5.32 Å². The standard InChI is InChI=1S/C13H20N4OS/c1-4-14-12-6-5-11(15-16-12)13(18)17-7-8-19-10(3)9(17)2/h5-6,9-10H,4,7-8H2,1-3H3,(H,14,16). The van der Waals surface area contributed by atoms with Crippen molar-refractivity contribution in [3.63, 3.8) is 0 Å². The molecular formula is C13H20N4OS. The molecule has 1 saturated heterocycles. The second-order valence-electron chi connectivity index (χ2n) is 4.65. The van der Waals surface area contributed by atoms with Crippen molar-refractivity contribution in [1.82, 2.24) is 15.1 Å². The van der Waals surface area contributed by atoms with E-state index in [4.69, 9.17) is 0 Å².